The lowest BCUT2D eigenvalue weighted by Gasteiger charge is -2.38. The lowest BCUT2D eigenvalue weighted by atomic mass is 9.97. The zero-order valence-electron chi connectivity index (χ0n) is 16.6. The summed E-state index contributed by atoms with van der Waals surface area (Å²) in [5.74, 6) is 0.604. The number of hydrogen-bond acceptors (Lipinski definition) is 6. The smallest absolute Gasteiger partial charge is 0.246 e. The summed E-state index contributed by atoms with van der Waals surface area (Å²) >= 11 is 0. The molecule has 0 bridgehead atoms. The average Bonchev–Trinajstić information content (AvgIpc) is 3.17. The van der Waals surface area contributed by atoms with Gasteiger partial charge in [-0.05, 0) is 62.6 Å². The number of ether oxygens (including phenoxy) is 1. The number of benzene rings is 1. The van der Waals surface area contributed by atoms with Gasteiger partial charge in [-0.25, -0.2) is 0 Å². The third-order valence-corrected chi connectivity index (χ3v) is 5.71. The van der Waals surface area contributed by atoms with Crippen LogP contribution in [-0.4, -0.2) is 69.4 Å². The van der Waals surface area contributed by atoms with E-state index in [0.717, 1.165) is 44.7 Å². The highest BCUT2D eigenvalue weighted by Crippen LogP contribution is 2.23. The van der Waals surface area contributed by atoms with Crippen molar-refractivity contribution in [1.29, 1.82) is 0 Å². The molecule has 0 aliphatic carbocycles. The second-order valence-corrected chi connectivity index (χ2v) is 7.72. The number of carbonyl (C=O) groups is 1. The van der Waals surface area contributed by atoms with E-state index in [9.17, 15) is 4.79 Å². The molecule has 0 spiro atoms. The summed E-state index contributed by atoms with van der Waals surface area (Å²) < 4.78 is 5.40. The molecule has 2 saturated heterocycles. The zero-order chi connectivity index (χ0) is 19.5. The summed E-state index contributed by atoms with van der Waals surface area (Å²) in [5, 5.41) is 12.7. The van der Waals surface area contributed by atoms with Gasteiger partial charge in [-0.15, -0.1) is 10.2 Å². The van der Waals surface area contributed by atoms with E-state index in [1.54, 1.807) is 0 Å². The van der Waals surface area contributed by atoms with Gasteiger partial charge in [-0.1, -0.05) is 0 Å². The Bertz CT molecular complexity index is 789. The number of carbonyl (C=O) groups excluding carboxylic acids is 1. The van der Waals surface area contributed by atoms with Crippen molar-refractivity contribution in [2.24, 2.45) is 0 Å². The number of anilines is 1. The third kappa shape index (κ3) is 4.01. The van der Waals surface area contributed by atoms with Gasteiger partial charge in [0.05, 0.1) is 13.2 Å². The standard InChI is InChI=1S/C20H28N6O2/c1-15-4-3-5-16(2)26(15)19(27)14-25-22-20(21-23-25)17-6-8-18(9-7-17)24-10-12-28-13-11-24/h6-9,15-16H,3-5,10-14H2,1-2H3. The molecule has 1 aromatic heterocycles. The molecule has 0 saturated carbocycles. The number of aromatic nitrogens is 4. The monoisotopic (exact) mass is 384 g/mol. The van der Waals surface area contributed by atoms with Crippen molar-refractivity contribution in [3.8, 4) is 11.4 Å². The number of likely N-dealkylation sites (tertiary alicyclic amines) is 1. The Labute approximate surface area is 165 Å². The first-order valence-corrected chi connectivity index (χ1v) is 10.1. The maximum Gasteiger partial charge on any atom is 0.246 e. The van der Waals surface area contributed by atoms with Gasteiger partial charge in [0.25, 0.3) is 0 Å². The molecule has 1 amide bonds. The fourth-order valence-electron chi connectivity index (χ4n) is 4.18. The van der Waals surface area contributed by atoms with Gasteiger partial charge in [-0.2, -0.15) is 4.80 Å². The molecule has 150 valence electrons. The van der Waals surface area contributed by atoms with Crippen molar-refractivity contribution in [2.75, 3.05) is 31.2 Å². The molecule has 0 N–H and O–H groups in total. The number of rotatable bonds is 4. The lowest BCUT2D eigenvalue weighted by molar-refractivity contribution is -0.138. The molecule has 3 heterocycles. The number of nitrogens with zero attached hydrogens (tertiary/aromatic N) is 6. The van der Waals surface area contributed by atoms with Gasteiger partial charge in [0.1, 0.15) is 6.54 Å². The molecular weight excluding hydrogens is 356 g/mol. The fraction of sp³-hybridized carbons (Fsp3) is 0.600. The van der Waals surface area contributed by atoms with Crippen molar-refractivity contribution in [1.82, 2.24) is 25.1 Å². The van der Waals surface area contributed by atoms with Crippen LogP contribution in [0.5, 0.6) is 0 Å². The van der Waals surface area contributed by atoms with Gasteiger partial charge in [0.15, 0.2) is 0 Å². The van der Waals surface area contributed by atoms with Crippen LogP contribution in [0.3, 0.4) is 0 Å². The number of amides is 1. The van der Waals surface area contributed by atoms with Gasteiger partial charge >= 0.3 is 0 Å². The lowest BCUT2D eigenvalue weighted by Crippen LogP contribution is -2.48. The SMILES string of the molecule is CC1CCCC(C)N1C(=O)Cn1nnc(-c2ccc(N3CCOCC3)cc2)n1. The van der Waals surface area contributed by atoms with Crippen molar-refractivity contribution in [2.45, 2.75) is 51.7 Å². The highest BCUT2D eigenvalue weighted by Gasteiger charge is 2.29. The molecule has 2 unspecified atom stereocenters. The van der Waals surface area contributed by atoms with Gasteiger partial charge < -0.3 is 14.5 Å². The highest BCUT2D eigenvalue weighted by atomic mass is 16.5. The third-order valence-electron chi connectivity index (χ3n) is 5.71. The van der Waals surface area contributed by atoms with E-state index in [2.05, 4.69) is 46.3 Å². The average molecular weight is 384 g/mol. The topological polar surface area (TPSA) is 76.4 Å². The minimum absolute atomic E-state index is 0.0614. The van der Waals surface area contributed by atoms with Crippen LogP contribution in [0, 0.1) is 0 Å². The molecule has 2 aliphatic heterocycles. The molecule has 4 rings (SSSR count). The van der Waals surface area contributed by atoms with Crippen LogP contribution in [-0.2, 0) is 16.1 Å². The first-order chi connectivity index (χ1) is 13.6. The Morgan fingerprint density at radius 3 is 2.46 bits per heavy atom. The Morgan fingerprint density at radius 1 is 1.11 bits per heavy atom. The molecule has 2 aromatic rings. The van der Waals surface area contributed by atoms with Crippen LogP contribution in [0.25, 0.3) is 11.4 Å². The molecule has 2 atom stereocenters. The van der Waals surface area contributed by atoms with E-state index >= 15 is 0 Å². The van der Waals surface area contributed by atoms with E-state index < -0.39 is 0 Å². The molecular formula is C20H28N6O2. The molecule has 1 aromatic carbocycles. The van der Waals surface area contributed by atoms with Crippen LogP contribution in [0.4, 0.5) is 5.69 Å². The molecule has 28 heavy (non-hydrogen) atoms. The van der Waals surface area contributed by atoms with Crippen LogP contribution in [0.15, 0.2) is 24.3 Å². The van der Waals surface area contributed by atoms with Gasteiger partial charge in [0.2, 0.25) is 11.7 Å². The summed E-state index contributed by atoms with van der Waals surface area (Å²) in [7, 11) is 0. The Balaban J connectivity index is 1.42. The number of hydrogen-bond donors (Lipinski definition) is 0. The molecule has 8 nitrogen and oxygen atoms in total. The summed E-state index contributed by atoms with van der Waals surface area (Å²) in [5.41, 5.74) is 2.07. The van der Waals surface area contributed by atoms with Crippen LogP contribution < -0.4 is 4.90 Å². The first-order valence-electron chi connectivity index (χ1n) is 10.1. The quantitative estimate of drug-likeness (QED) is 0.802. The van der Waals surface area contributed by atoms with E-state index in [1.807, 2.05) is 17.0 Å². The second-order valence-electron chi connectivity index (χ2n) is 7.72. The summed E-state index contributed by atoms with van der Waals surface area (Å²) in [4.78, 5) is 18.4. The van der Waals surface area contributed by atoms with E-state index in [1.165, 1.54) is 16.9 Å². The van der Waals surface area contributed by atoms with Gasteiger partial charge in [0, 0.05) is 36.4 Å². The fourth-order valence-corrected chi connectivity index (χ4v) is 4.18. The number of piperidine rings is 1. The molecule has 2 aliphatic rings. The van der Waals surface area contributed by atoms with Crippen LogP contribution in [0.1, 0.15) is 33.1 Å². The summed E-state index contributed by atoms with van der Waals surface area (Å²) in [6, 6.07) is 8.69. The van der Waals surface area contributed by atoms with Crippen molar-refractivity contribution in [3.05, 3.63) is 24.3 Å². The van der Waals surface area contributed by atoms with Crippen molar-refractivity contribution >= 4 is 11.6 Å². The minimum Gasteiger partial charge on any atom is -0.378 e. The normalized spacial score (nSPS) is 23.1. The number of tetrazole rings is 1. The van der Waals surface area contributed by atoms with E-state index in [4.69, 9.17) is 4.74 Å². The molecule has 2 fully saturated rings. The first kappa shape index (κ1) is 18.9. The predicted molar refractivity (Wildman–Crippen MR) is 106 cm³/mol. The Hall–Kier alpha value is -2.48. The van der Waals surface area contributed by atoms with Crippen LogP contribution >= 0.6 is 0 Å². The number of morpholine rings is 1. The van der Waals surface area contributed by atoms with Crippen molar-refractivity contribution < 1.29 is 9.53 Å². The molecule has 8 heteroatoms. The molecule has 0 radical (unpaired) electrons. The highest BCUT2D eigenvalue weighted by molar-refractivity contribution is 5.76. The van der Waals surface area contributed by atoms with Crippen LogP contribution in [0.2, 0.25) is 0 Å². The van der Waals surface area contributed by atoms with E-state index in [-0.39, 0.29) is 24.5 Å². The second kappa shape index (κ2) is 8.26. The summed E-state index contributed by atoms with van der Waals surface area (Å²) in [6.07, 6.45) is 3.29. The maximum absolute atomic E-state index is 12.7. The largest absolute Gasteiger partial charge is 0.378 e. The predicted octanol–water partition coefficient (Wildman–Crippen LogP) is 1.97. The Kier molecular flexibility index (Phi) is 5.57. The van der Waals surface area contributed by atoms with Crippen molar-refractivity contribution in [3.63, 3.8) is 0 Å². The van der Waals surface area contributed by atoms with E-state index in [0.29, 0.717) is 5.82 Å². The minimum atomic E-state index is 0.0614. The maximum atomic E-state index is 12.7. The zero-order valence-corrected chi connectivity index (χ0v) is 16.6. The van der Waals surface area contributed by atoms with Gasteiger partial charge in [-0.3, -0.25) is 4.79 Å². The summed E-state index contributed by atoms with van der Waals surface area (Å²) in [6.45, 7) is 7.70. The Morgan fingerprint density at radius 2 is 1.79 bits per heavy atom.